The minimum absolute atomic E-state index is 0.250. The molecule has 0 saturated carbocycles. The molecule has 0 spiro atoms. The lowest BCUT2D eigenvalue weighted by atomic mass is 9.96. The molecule has 2 unspecified atom stereocenters. The van der Waals surface area contributed by atoms with Crippen molar-refractivity contribution in [1.29, 1.82) is 0 Å². The Morgan fingerprint density at radius 2 is 1.73 bits per heavy atom. The van der Waals surface area contributed by atoms with Gasteiger partial charge in [0.15, 0.2) is 9.84 Å². The van der Waals surface area contributed by atoms with Gasteiger partial charge in [-0.1, -0.05) is 13.3 Å². The molecule has 0 aliphatic rings. The highest BCUT2D eigenvalue weighted by Crippen LogP contribution is 2.16. The molecule has 0 aromatic rings. The first-order valence-electron chi connectivity index (χ1n) is 5.74. The first kappa shape index (κ1) is 14.9. The molecule has 2 atom stereocenters. The van der Waals surface area contributed by atoms with E-state index < -0.39 is 9.84 Å². The SMILES string of the molecule is CCC(CCS(=O)(=O)C(C)C)C(C)NC. The second kappa shape index (κ2) is 6.48. The first-order chi connectivity index (χ1) is 6.85. The molecule has 0 saturated heterocycles. The van der Waals surface area contributed by atoms with Crippen molar-refractivity contribution in [3.63, 3.8) is 0 Å². The molecule has 4 heteroatoms. The van der Waals surface area contributed by atoms with Gasteiger partial charge in [0, 0.05) is 6.04 Å². The van der Waals surface area contributed by atoms with Gasteiger partial charge in [-0.2, -0.15) is 0 Å². The summed E-state index contributed by atoms with van der Waals surface area (Å²) in [6, 6.07) is 0.386. The monoisotopic (exact) mass is 235 g/mol. The van der Waals surface area contributed by atoms with Crippen LogP contribution >= 0.6 is 0 Å². The fourth-order valence-corrected chi connectivity index (χ4v) is 2.70. The van der Waals surface area contributed by atoms with E-state index in [-0.39, 0.29) is 5.25 Å². The fourth-order valence-electron chi connectivity index (χ4n) is 1.59. The quantitative estimate of drug-likeness (QED) is 0.732. The summed E-state index contributed by atoms with van der Waals surface area (Å²) < 4.78 is 23.3. The van der Waals surface area contributed by atoms with Gasteiger partial charge >= 0.3 is 0 Å². The van der Waals surface area contributed by atoms with Crippen LogP contribution in [0.4, 0.5) is 0 Å². The summed E-state index contributed by atoms with van der Waals surface area (Å²) in [5.41, 5.74) is 0. The topological polar surface area (TPSA) is 46.2 Å². The van der Waals surface area contributed by atoms with Crippen LogP contribution in [0.3, 0.4) is 0 Å². The van der Waals surface area contributed by atoms with Crippen LogP contribution in [0.1, 0.15) is 40.5 Å². The van der Waals surface area contributed by atoms with Gasteiger partial charge in [0.2, 0.25) is 0 Å². The summed E-state index contributed by atoms with van der Waals surface area (Å²) in [6.07, 6.45) is 1.79. The molecule has 15 heavy (non-hydrogen) atoms. The molecule has 0 heterocycles. The third-order valence-corrected chi connectivity index (χ3v) is 5.42. The van der Waals surface area contributed by atoms with Gasteiger partial charge < -0.3 is 5.32 Å². The number of hydrogen-bond donors (Lipinski definition) is 1. The van der Waals surface area contributed by atoms with Crippen molar-refractivity contribution in [2.24, 2.45) is 5.92 Å². The van der Waals surface area contributed by atoms with E-state index in [1.54, 1.807) is 13.8 Å². The highest BCUT2D eigenvalue weighted by molar-refractivity contribution is 7.91. The smallest absolute Gasteiger partial charge is 0.152 e. The summed E-state index contributed by atoms with van der Waals surface area (Å²) in [6.45, 7) is 7.71. The van der Waals surface area contributed by atoms with Crippen LogP contribution in [0, 0.1) is 5.92 Å². The van der Waals surface area contributed by atoms with Crippen molar-refractivity contribution in [2.75, 3.05) is 12.8 Å². The van der Waals surface area contributed by atoms with Gasteiger partial charge in [0.1, 0.15) is 0 Å². The lowest BCUT2D eigenvalue weighted by molar-refractivity contribution is 0.373. The molecule has 0 rings (SSSR count). The van der Waals surface area contributed by atoms with Gasteiger partial charge in [0.05, 0.1) is 11.0 Å². The normalized spacial score (nSPS) is 16.7. The molecule has 0 aliphatic carbocycles. The van der Waals surface area contributed by atoms with Crippen molar-refractivity contribution in [1.82, 2.24) is 5.32 Å². The van der Waals surface area contributed by atoms with Crippen LogP contribution < -0.4 is 5.32 Å². The standard InChI is InChI=1S/C11H25NO2S/c1-6-11(10(4)12-5)7-8-15(13,14)9(2)3/h9-12H,6-8H2,1-5H3. The van der Waals surface area contributed by atoms with Gasteiger partial charge in [-0.15, -0.1) is 0 Å². The van der Waals surface area contributed by atoms with E-state index in [4.69, 9.17) is 0 Å². The van der Waals surface area contributed by atoms with Crippen molar-refractivity contribution in [3.05, 3.63) is 0 Å². The summed E-state index contributed by atoms with van der Waals surface area (Å²) in [5.74, 6) is 0.762. The first-order valence-corrected chi connectivity index (χ1v) is 7.45. The Morgan fingerprint density at radius 3 is 2.07 bits per heavy atom. The molecule has 0 aliphatic heterocycles. The largest absolute Gasteiger partial charge is 0.317 e. The Balaban J connectivity index is 4.24. The molecular weight excluding hydrogens is 210 g/mol. The van der Waals surface area contributed by atoms with Gasteiger partial charge in [0.25, 0.3) is 0 Å². The molecule has 3 nitrogen and oxygen atoms in total. The zero-order chi connectivity index (χ0) is 12.1. The highest BCUT2D eigenvalue weighted by atomic mass is 32.2. The predicted octanol–water partition coefficient (Wildman–Crippen LogP) is 1.83. The molecule has 0 radical (unpaired) electrons. The summed E-state index contributed by atoms with van der Waals surface area (Å²) in [5, 5.41) is 2.94. The number of hydrogen-bond acceptors (Lipinski definition) is 3. The maximum Gasteiger partial charge on any atom is 0.152 e. The van der Waals surface area contributed by atoms with E-state index in [0.717, 1.165) is 12.8 Å². The Labute approximate surface area is 94.6 Å². The second-order valence-corrected chi connectivity index (χ2v) is 7.13. The minimum Gasteiger partial charge on any atom is -0.317 e. The van der Waals surface area contributed by atoms with Crippen LogP contribution in [0.25, 0.3) is 0 Å². The van der Waals surface area contributed by atoms with Gasteiger partial charge in [-0.25, -0.2) is 8.42 Å². The highest BCUT2D eigenvalue weighted by Gasteiger charge is 2.20. The van der Waals surface area contributed by atoms with E-state index >= 15 is 0 Å². The molecule has 0 aromatic heterocycles. The van der Waals surface area contributed by atoms with E-state index in [2.05, 4.69) is 19.2 Å². The lowest BCUT2D eigenvalue weighted by Crippen LogP contribution is -2.32. The van der Waals surface area contributed by atoms with Crippen LogP contribution in [0.15, 0.2) is 0 Å². The Bertz CT molecular complexity index is 260. The van der Waals surface area contributed by atoms with E-state index in [9.17, 15) is 8.42 Å². The molecule has 1 N–H and O–H groups in total. The number of nitrogens with one attached hydrogen (secondary N) is 1. The molecule has 0 fully saturated rings. The summed E-state index contributed by atoms with van der Waals surface area (Å²) in [7, 11) is -0.952. The van der Waals surface area contributed by atoms with Crippen LogP contribution in [0.2, 0.25) is 0 Å². The average Bonchev–Trinajstić information content (AvgIpc) is 2.17. The maximum absolute atomic E-state index is 11.6. The Hall–Kier alpha value is -0.0900. The van der Waals surface area contributed by atoms with E-state index in [1.807, 2.05) is 7.05 Å². The summed E-state index contributed by atoms with van der Waals surface area (Å²) in [4.78, 5) is 0. The number of rotatable bonds is 7. The lowest BCUT2D eigenvalue weighted by Gasteiger charge is -2.22. The average molecular weight is 235 g/mol. The Kier molecular flexibility index (Phi) is 6.44. The number of sulfone groups is 1. The molecule has 92 valence electrons. The predicted molar refractivity (Wildman–Crippen MR) is 65.8 cm³/mol. The van der Waals surface area contributed by atoms with Gasteiger partial charge in [-0.3, -0.25) is 0 Å². The van der Waals surface area contributed by atoms with Crippen molar-refractivity contribution >= 4 is 9.84 Å². The minimum atomic E-state index is -2.87. The Morgan fingerprint density at radius 1 is 1.20 bits per heavy atom. The molecule has 0 aromatic carbocycles. The molecular formula is C11H25NO2S. The van der Waals surface area contributed by atoms with Crippen molar-refractivity contribution < 1.29 is 8.42 Å². The summed E-state index contributed by atoms with van der Waals surface area (Å²) >= 11 is 0. The zero-order valence-corrected chi connectivity index (χ0v) is 11.4. The maximum atomic E-state index is 11.6. The third kappa shape index (κ3) is 4.98. The zero-order valence-electron chi connectivity index (χ0n) is 10.6. The molecule has 0 bridgehead atoms. The third-order valence-electron chi connectivity index (χ3n) is 3.18. The van der Waals surface area contributed by atoms with Crippen LogP contribution in [-0.2, 0) is 9.84 Å². The van der Waals surface area contributed by atoms with Crippen molar-refractivity contribution in [3.8, 4) is 0 Å². The van der Waals surface area contributed by atoms with Crippen LogP contribution in [0.5, 0.6) is 0 Å². The van der Waals surface area contributed by atoms with Crippen molar-refractivity contribution in [2.45, 2.75) is 51.8 Å². The van der Waals surface area contributed by atoms with Gasteiger partial charge in [-0.05, 0) is 40.2 Å². The van der Waals surface area contributed by atoms with E-state index in [1.165, 1.54) is 0 Å². The fraction of sp³-hybridized carbons (Fsp3) is 1.00. The molecule has 0 amide bonds. The van der Waals surface area contributed by atoms with E-state index in [0.29, 0.717) is 17.7 Å². The second-order valence-electron chi connectivity index (χ2n) is 4.45. The van der Waals surface area contributed by atoms with Crippen LogP contribution in [-0.4, -0.2) is 32.5 Å².